The van der Waals surface area contributed by atoms with Gasteiger partial charge in [-0.05, 0) is 52.6 Å². The Kier molecular flexibility index (Phi) is 11.1. The van der Waals surface area contributed by atoms with E-state index in [0.29, 0.717) is 0 Å². The minimum atomic E-state index is -3.29. The van der Waals surface area contributed by atoms with Gasteiger partial charge in [0.25, 0.3) is 17.7 Å². The molecule has 55 heavy (non-hydrogen) atoms. The van der Waals surface area contributed by atoms with Gasteiger partial charge in [0, 0.05) is 6.89 Å². The number of imide groups is 1. The number of carbonyl (C=O) groups is 4. The van der Waals surface area contributed by atoms with Crippen LogP contribution >= 0.6 is 6.89 Å². The lowest BCUT2D eigenvalue weighted by atomic mass is 9.77. The molecule has 286 valence electrons. The zero-order valence-electron chi connectivity index (χ0n) is 32.3. The maximum Gasteiger partial charge on any atom is 0.356 e. The first-order valence-electron chi connectivity index (χ1n) is 18.6. The number of amides is 3. The Hall–Kier alpha value is -4.86. The Balaban J connectivity index is 1.71. The third-order valence-electron chi connectivity index (χ3n) is 11.2. The fourth-order valence-corrected chi connectivity index (χ4v) is 13.0. The summed E-state index contributed by atoms with van der Waals surface area (Å²) < 4.78 is 12.9. The summed E-state index contributed by atoms with van der Waals surface area (Å²) in [5.74, 6) is -2.78. The highest BCUT2D eigenvalue weighted by Crippen LogP contribution is 2.51. The summed E-state index contributed by atoms with van der Waals surface area (Å²) in [6.07, 6.45) is -0.930. The molecule has 9 nitrogen and oxygen atoms in total. The molecule has 1 N–H and O–H groups in total. The number of likely N-dealkylation sites (tertiary alicyclic amines) is 1. The van der Waals surface area contributed by atoms with Crippen LogP contribution in [0.5, 0.6) is 0 Å². The molecule has 0 spiro atoms. The van der Waals surface area contributed by atoms with Crippen LogP contribution in [-0.2, 0) is 18.8 Å². The second kappa shape index (κ2) is 15.3. The molecule has 2 heterocycles. The summed E-state index contributed by atoms with van der Waals surface area (Å²) in [4.78, 5) is 62.1. The molecule has 2 aliphatic rings. The number of fused-ring (bicyclic) bond motifs is 1. The van der Waals surface area contributed by atoms with Gasteiger partial charge in [-0.25, -0.2) is 4.79 Å². The molecule has 3 amide bonds. The number of β-lactam (4-membered cyclic amide) rings is 1. The molecule has 4 aromatic rings. The molecule has 1 saturated heterocycles. The first-order valence-corrected chi connectivity index (χ1v) is 23.2. The van der Waals surface area contributed by atoms with E-state index in [1.807, 2.05) is 125 Å². The highest BCUT2D eigenvalue weighted by molar-refractivity contribution is 7.96. The predicted molar refractivity (Wildman–Crippen MR) is 221 cm³/mol. The van der Waals surface area contributed by atoms with Crippen LogP contribution in [0.15, 0.2) is 128 Å². The van der Waals surface area contributed by atoms with E-state index in [4.69, 9.17) is 9.16 Å². The molecule has 2 unspecified atom stereocenters. The van der Waals surface area contributed by atoms with Gasteiger partial charge in [-0.2, -0.15) is 0 Å². The van der Waals surface area contributed by atoms with Crippen molar-refractivity contribution in [2.45, 2.75) is 70.0 Å². The van der Waals surface area contributed by atoms with E-state index in [1.165, 1.54) is 11.0 Å². The average Bonchev–Trinajstić information content (AvgIpc) is 3.44. The molecule has 2 aliphatic heterocycles. The second-order valence-corrected chi connectivity index (χ2v) is 23.5. The average molecular weight is 777 g/mol. The van der Waals surface area contributed by atoms with Crippen molar-refractivity contribution in [3.05, 3.63) is 139 Å². The van der Waals surface area contributed by atoms with Crippen molar-refractivity contribution in [3.8, 4) is 0 Å². The van der Waals surface area contributed by atoms with Crippen LogP contribution in [0.3, 0.4) is 0 Å². The highest BCUT2D eigenvalue weighted by Gasteiger charge is 2.70. The molecular weight excluding hydrogens is 728 g/mol. The SMILES string of the molecule is C=CCOC(=O)C(N1C[C@@](C(O[Si](C)(C)C(C)(C)C)C(O)CC)(N2C(=O)c3ccccc3C2=O)C1=O)=P(c1ccccc1)(c1ccccc1)c1ccccc1. The summed E-state index contributed by atoms with van der Waals surface area (Å²) >= 11 is 0. The maximum absolute atomic E-state index is 15.8. The number of aliphatic hydroxyl groups excluding tert-OH is 1. The van der Waals surface area contributed by atoms with E-state index in [-0.39, 0.29) is 41.2 Å². The van der Waals surface area contributed by atoms with E-state index in [2.05, 4.69) is 6.58 Å². The van der Waals surface area contributed by atoms with Gasteiger partial charge in [0.2, 0.25) is 0 Å². The smallest absolute Gasteiger partial charge is 0.356 e. The lowest BCUT2D eigenvalue weighted by molar-refractivity contribution is -0.170. The van der Waals surface area contributed by atoms with Gasteiger partial charge in [-0.1, -0.05) is 143 Å². The summed E-state index contributed by atoms with van der Waals surface area (Å²) in [6, 6.07) is 35.2. The van der Waals surface area contributed by atoms with Crippen molar-refractivity contribution in [2.75, 3.05) is 13.2 Å². The van der Waals surface area contributed by atoms with Gasteiger partial charge < -0.3 is 19.2 Å². The fourth-order valence-electron chi connectivity index (χ4n) is 7.35. The summed E-state index contributed by atoms with van der Waals surface area (Å²) in [5.41, 5.74) is -1.62. The number of hydrogen-bond acceptors (Lipinski definition) is 7. The van der Waals surface area contributed by atoms with Crippen LogP contribution in [0.4, 0.5) is 0 Å². The van der Waals surface area contributed by atoms with Crippen molar-refractivity contribution in [2.24, 2.45) is 0 Å². The Morgan fingerprint density at radius 3 is 1.65 bits per heavy atom. The van der Waals surface area contributed by atoms with Crippen LogP contribution in [0, 0.1) is 0 Å². The lowest BCUT2D eigenvalue weighted by Crippen LogP contribution is -2.83. The van der Waals surface area contributed by atoms with E-state index in [0.717, 1.165) is 20.8 Å². The number of nitrogens with zero attached hydrogens (tertiary/aromatic N) is 2. The number of benzene rings is 4. The molecule has 0 bridgehead atoms. The predicted octanol–water partition coefficient (Wildman–Crippen LogP) is 5.88. The van der Waals surface area contributed by atoms with Gasteiger partial charge in [0.15, 0.2) is 13.9 Å². The Morgan fingerprint density at radius 1 is 0.836 bits per heavy atom. The van der Waals surface area contributed by atoms with Crippen LogP contribution in [-0.4, -0.2) is 83.2 Å². The minimum absolute atomic E-state index is 0.0762. The van der Waals surface area contributed by atoms with E-state index in [1.54, 1.807) is 31.2 Å². The summed E-state index contributed by atoms with van der Waals surface area (Å²) in [5, 5.41) is 13.9. The van der Waals surface area contributed by atoms with Gasteiger partial charge in [0.1, 0.15) is 18.1 Å². The van der Waals surface area contributed by atoms with Crippen LogP contribution in [0.1, 0.15) is 54.8 Å². The lowest BCUT2D eigenvalue weighted by Gasteiger charge is -2.58. The molecule has 1 fully saturated rings. The van der Waals surface area contributed by atoms with E-state index >= 15 is 4.79 Å². The van der Waals surface area contributed by atoms with Crippen molar-refractivity contribution in [3.63, 3.8) is 0 Å². The molecule has 0 aromatic heterocycles. The normalized spacial score (nSPS) is 18.3. The molecule has 0 radical (unpaired) electrons. The molecule has 11 heteroatoms. The Morgan fingerprint density at radius 2 is 1.27 bits per heavy atom. The number of aliphatic hydroxyl groups is 1. The number of hydrogen-bond donors (Lipinski definition) is 1. The Bertz CT molecular complexity index is 2030. The second-order valence-electron chi connectivity index (χ2n) is 15.5. The number of esters is 1. The van der Waals surface area contributed by atoms with E-state index < -0.39 is 56.6 Å². The van der Waals surface area contributed by atoms with Crippen LogP contribution in [0.25, 0.3) is 0 Å². The number of ether oxygens (including phenoxy) is 1. The van der Waals surface area contributed by atoms with Gasteiger partial charge in [-0.3, -0.25) is 19.3 Å². The summed E-state index contributed by atoms with van der Waals surface area (Å²) in [7, 11) is -2.81. The van der Waals surface area contributed by atoms with Crippen LogP contribution in [0.2, 0.25) is 18.1 Å². The molecular formula is C44H49N2O7PSi. The maximum atomic E-state index is 15.8. The summed E-state index contributed by atoms with van der Waals surface area (Å²) in [6.45, 7) is 11.9. The first-order chi connectivity index (χ1) is 26.2. The van der Waals surface area contributed by atoms with E-state index in [9.17, 15) is 19.5 Å². The fraction of sp³-hybridized carbons (Fsp3) is 0.295. The van der Waals surface area contributed by atoms with Gasteiger partial charge in [0.05, 0.1) is 23.8 Å². The zero-order valence-corrected chi connectivity index (χ0v) is 34.2. The van der Waals surface area contributed by atoms with Gasteiger partial charge >= 0.3 is 5.97 Å². The quantitative estimate of drug-likeness (QED) is 0.0451. The molecule has 6 rings (SSSR count). The highest BCUT2D eigenvalue weighted by atomic mass is 31.2. The van der Waals surface area contributed by atoms with Crippen molar-refractivity contribution >= 4 is 60.2 Å². The molecule has 3 atom stereocenters. The third kappa shape index (κ3) is 6.55. The zero-order chi connectivity index (χ0) is 39.8. The largest absolute Gasteiger partial charge is 0.457 e. The minimum Gasteiger partial charge on any atom is -0.457 e. The Labute approximate surface area is 324 Å². The number of carbonyl (C=O) groups excluding carboxylic acids is 4. The molecule has 0 saturated carbocycles. The van der Waals surface area contributed by atoms with Crippen molar-refractivity contribution < 1.29 is 33.4 Å². The number of rotatable bonds is 13. The van der Waals surface area contributed by atoms with Crippen molar-refractivity contribution in [1.29, 1.82) is 0 Å². The van der Waals surface area contributed by atoms with Crippen molar-refractivity contribution in [1.82, 2.24) is 9.80 Å². The first kappa shape index (κ1) is 39.8. The standard InChI is InChI=1S/C44H49N2O7PSi/c1-8-29-52-41(50)40(54(31-21-13-10-14-22-31,32-23-15-11-16-24-32)33-25-17-12-18-26-33)45-30-44(42(45)51,37(36(47)9-2)53-55(6,7)43(3,4)5)46-38(48)34-27-19-20-28-35(34)39(46)49/h8,10-28,36-37,47H,1,9,29-30H2,2-7H3/t36?,37?,44-/m0/s1. The van der Waals surface area contributed by atoms with Crippen LogP contribution < -0.4 is 15.9 Å². The molecule has 0 aliphatic carbocycles. The third-order valence-corrected chi connectivity index (χ3v) is 19.9. The monoisotopic (exact) mass is 776 g/mol. The van der Waals surface area contributed by atoms with Gasteiger partial charge in [-0.15, -0.1) is 0 Å². The molecule has 4 aromatic carbocycles. The topological polar surface area (TPSA) is 113 Å².